The van der Waals surface area contributed by atoms with Crippen molar-refractivity contribution in [3.05, 3.63) is 0 Å². The maximum absolute atomic E-state index is 12.1. The summed E-state index contributed by atoms with van der Waals surface area (Å²) in [6.45, 7) is 2.43. The van der Waals surface area contributed by atoms with Gasteiger partial charge >= 0.3 is 0 Å². The molecule has 0 saturated carbocycles. The summed E-state index contributed by atoms with van der Waals surface area (Å²) in [6, 6.07) is 0.0360. The van der Waals surface area contributed by atoms with Gasteiger partial charge in [0.1, 0.15) is 6.04 Å². The fourth-order valence-electron chi connectivity index (χ4n) is 2.84. The van der Waals surface area contributed by atoms with E-state index in [2.05, 4.69) is 4.90 Å². The Morgan fingerprint density at radius 3 is 2.94 bits per heavy atom. The van der Waals surface area contributed by atoms with E-state index in [-0.39, 0.29) is 18.1 Å². The average molecular weight is 240 g/mol. The summed E-state index contributed by atoms with van der Waals surface area (Å²) in [5.74, 6) is 0.193. The van der Waals surface area contributed by atoms with Crippen LogP contribution >= 0.6 is 12.2 Å². The second kappa shape index (κ2) is 3.96. The number of thiocarbonyl (C=S) groups is 1. The first kappa shape index (κ1) is 10.5. The minimum Gasteiger partial charge on any atom is -0.376 e. The maximum Gasteiger partial charge on any atom is 0.251 e. The van der Waals surface area contributed by atoms with Crippen LogP contribution in [0.4, 0.5) is 0 Å². The summed E-state index contributed by atoms with van der Waals surface area (Å²) >= 11 is 5.37. The Kier molecular flexibility index (Phi) is 2.59. The molecule has 3 aliphatic heterocycles. The average Bonchev–Trinajstić information content (AvgIpc) is 2.97. The van der Waals surface area contributed by atoms with Crippen LogP contribution in [0.1, 0.15) is 25.7 Å². The number of nitrogens with zero attached hydrogens (tertiary/aromatic N) is 2. The van der Waals surface area contributed by atoms with Crippen molar-refractivity contribution in [2.45, 2.75) is 37.8 Å². The molecule has 0 bridgehead atoms. The minimum absolute atomic E-state index is 0.0360. The molecule has 2 atom stereocenters. The molecule has 0 aromatic heterocycles. The fraction of sp³-hybridized carbons (Fsp3) is 0.818. The van der Waals surface area contributed by atoms with Gasteiger partial charge in [-0.1, -0.05) is 0 Å². The molecule has 0 N–H and O–H groups in total. The molecule has 0 aromatic rings. The van der Waals surface area contributed by atoms with Gasteiger partial charge in [-0.05, 0) is 37.9 Å². The molecule has 16 heavy (non-hydrogen) atoms. The number of fused-ring (bicyclic) bond motifs is 1. The lowest BCUT2D eigenvalue weighted by Gasteiger charge is -2.21. The molecule has 1 amide bonds. The lowest BCUT2D eigenvalue weighted by Crippen LogP contribution is -2.38. The van der Waals surface area contributed by atoms with Crippen LogP contribution in [0.3, 0.4) is 0 Å². The van der Waals surface area contributed by atoms with E-state index in [0.717, 1.165) is 43.9 Å². The van der Waals surface area contributed by atoms with Gasteiger partial charge in [0.2, 0.25) is 0 Å². The third-order valence-electron chi connectivity index (χ3n) is 3.69. The Morgan fingerprint density at radius 2 is 2.25 bits per heavy atom. The highest BCUT2D eigenvalue weighted by atomic mass is 32.1. The molecule has 0 aromatic carbocycles. The van der Waals surface area contributed by atoms with Crippen LogP contribution in [-0.4, -0.2) is 52.7 Å². The first-order valence-electron chi connectivity index (χ1n) is 6.01. The van der Waals surface area contributed by atoms with Gasteiger partial charge in [-0.3, -0.25) is 9.69 Å². The maximum atomic E-state index is 12.1. The van der Waals surface area contributed by atoms with Crippen LogP contribution in [0.2, 0.25) is 0 Å². The number of amides is 1. The Labute approximate surface area is 101 Å². The normalized spacial score (nSPS) is 34.0. The van der Waals surface area contributed by atoms with Gasteiger partial charge in [0.05, 0.1) is 12.6 Å². The summed E-state index contributed by atoms with van der Waals surface area (Å²) < 4.78 is 5.56. The fourth-order valence-corrected chi connectivity index (χ4v) is 3.22. The SMILES string of the molecule is O=C1[C@H]2CCCN2C(=S)N1C[C@@H]1CCCO1. The van der Waals surface area contributed by atoms with E-state index < -0.39 is 0 Å². The number of hydrogen-bond acceptors (Lipinski definition) is 3. The predicted octanol–water partition coefficient (Wildman–Crippen LogP) is 0.757. The van der Waals surface area contributed by atoms with E-state index in [4.69, 9.17) is 17.0 Å². The van der Waals surface area contributed by atoms with E-state index in [0.29, 0.717) is 6.54 Å². The Hall–Kier alpha value is -0.680. The number of carbonyl (C=O) groups is 1. The zero-order valence-corrected chi connectivity index (χ0v) is 10.0. The second-order valence-corrected chi connectivity index (χ2v) is 5.08. The monoisotopic (exact) mass is 240 g/mol. The van der Waals surface area contributed by atoms with Crippen molar-refractivity contribution in [2.75, 3.05) is 19.7 Å². The summed E-state index contributed by atoms with van der Waals surface area (Å²) in [7, 11) is 0. The molecule has 3 saturated heterocycles. The molecule has 0 unspecified atom stereocenters. The van der Waals surface area contributed by atoms with Gasteiger partial charge in [0.15, 0.2) is 5.11 Å². The lowest BCUT2D eigenvalue weighted by molar-refractivity contribution is -0.128. The van der Waals surface area contributed by atoms with Crippen molar-refractivity contribution >= 4 is 23.2 Å². The highest BCUT2D eigenvalue weighted by Crippen LogP contribution is 2.28. The smallest absolute Gasteiger partial charge is 0.251 e. The van der Waals surface area contributed by atoms with E-state index in [1.54, 1.807) is 4.90 Å². The Bertz CT molecular complexity index is 306. The van der Waals surface area contributed by atoms with Gasteiger partial charge < -0.3 is 9.64 Å². The van der Waals surface area contributed by atoms with Crippen molar-refractivity contribution in [3.63, 3.8) is 0 Å². The van der Waals surface area contributed by atoms with E-state index in [1.807, 2.05) is 0 Å². The van der Waals surface area contributed by atoms with Crippen molar-refractivity contribution in [1.82, 2.24) is 9.80 Å². The first-order chi connectivity index (χ1) is 7.77. The Balaban J connectivity index is 1.71. The van der Waals surface area contributed by atoms with Gasteiger partial charge in [-0.15, -0.1) is 0 Å². The van der Waals surface area contributed by atoms with E-state index in [1.165, 1.54) is 0 Å². The quantitative estimate of drug-likeness (QED) is 0.667. The van der Waals surface area contributed by atoms with Crippen LogP contribution < -0.4 is 0 Å². The molecule has 3 aliphatic rings. The van der Waals surface area contributed by atoms with Crippen LogP contribution in [0.25, 0.3) is 0 Å². The largest absolute Gasteiger partial charge is 0.376 e. The third kappa shape index (κ3) is 1.53. The summed E-state index contributed by atoms with van der Waals surface area (Å²) in [4.78, 5) is 16.0. The highest BCUT2D eigenvalue weighted by Gasteiger charge is 2.45. The van der Waals surface area contributed by atoms with E-state index in [9.17, 15) is 4.79 Å². The van der Waals surface area contributed by atoms with Crippen LogP contribution in [-0.2, 0) is 9.53 Å². The minimum atomic E-state index is 0.0360. The van der Waals surface area contributed by atoms with Crippen molar-refractivity contribution in [3.8, 4) is 0 Å². The number of hydrogen-bond donors (Lipinski definition) is 0. The molecule has 4 nitrogen and oxygen atoms in total. The first-order valence-corrected chi connectivity index (χ1v) is 6.42. The van der Waals surface area contributed by atoms with Gasteiger partial charge in [0.25, 0.3) is 5.91 Å². The summed E-state index contributed by atoms with van der Waals surface area (Å²) in [5.41, 5.74) is 0. The number of carbonyl (C=O) groups excluding carboxylic acids is 1. The van der Waals surface area contributed by atoms with Gasteiger partial charge in [0, 0.05) is 13.2 Å². The number of ether oxygens (including phenoxy) is 1. The molecular weight excluding hydrogens is 224 g/mol. The molecule has 0 aliphatic carbocycles. The molecule has 5 heteroatoms. The zero-order chi connectivity index (χ0) is 11.1. The molecule has 3 heterocycles. The highest BCUT2D eigenvalue weighted by molar-refractivity contribution is 7.80. The lowest BCUT2D eigenvalue weighted by atomic mass is 10.2. The topological polar surface area (TPSA) is 32.8 Å². The molecule has 0 spiro atoms. The standard InChI is InChI=1S/C11H16N2O2S/c14-10-9-4-1-5-12(9)11(16)13(10)7-8-3-2-6-15-8/h8-9H,1-7H2/t8-,9+/m0/s1. The molecular formula is C11H16N2O2S. The van der Waals surface area contributed by atoms with Crippen molar-refractivity contribution in [1.29, 1.82) is 0 Å². The Morgan fingerprint density at radius 1 is 1.38 bits per heavy atom. The van der Waals surface area contributed by atoms with Crippen LogP contribution in [0, 0.1) is 0 Å². The molecule has 88 valence electrons. The zero-order valence-electron chi connectivity index (χ0n) is 9.22. The van der Waals surface area contributed by atoms with Crippen molar-refractivity contribution < 1.29 is 9.53 Å². The molecule has 0 radical (unpaired) electrons. The van der Waals surface area contributed by atoms with Crippen LogP contribution in [0.15, 0.2) is 0 Å². The van der Waals surface area contributed by atoms with Crippen LogP contribution in [0.5, 0.6) is 0 Å². The van der Waals surface area contributed by atoms with Gasteiger partial charge in [-0.25, -0.2) is 0 Å². The molecule has 3 rings (SSSR count). The predicted molar refractivity (Wildman–Crippen MR) is 63.0 cm³/mol. The second-order valence-electron chi connectivity index (χ2n) is 4.72. The number of rotatable bonds is 2. The summed E-state index contributed by atoms with van der Waals surface area (Å²) in [5, 5.41) is 0.725. The van der Waals surface area contributed by atoms with Crippen molar-refractivity contribution in [2.24, 2.45) is 0 Å². The van der Waals surface area contributed by atoms with Gasteiger partial charge in [-0.2, -0.15) is 0 Å². The third-order valence-corrected chi connectivity index (χ3v) is 4.15. The molecule has 3 fully saturated rings. The van der Waals surface area contributed by atoms with E-state index >= 15 is 0 Å². The summed E-state index contributed by atoms with van der Waals surface area (Å²) in [6.07, 6.45) is 4.40.